The van der Waals surface area contributed by atoms with Gasteiger partial charge in [0.2, 0.25) is 5.01 Å². The summed E-state index contributed by atoms with van der Waals surface area (Å²) in [4.78, 5) is 27.2. The second-order valence-corrected chi connectivity index (χ2v) is 7.86. The van der Waals surface area contributed by atoms with Crippen molar-refractivity contribution in [1.29, 1.82) is 0 Å². The lowest BCUT2D eigenvalue weighted by atomic mass is 10.2. The van der Waals surface area contributed by atoms with Crippen LogP contribution in [0.1, 0.15) is 40.1 Å². The first-order chi connectivity index (χ1) is 9.94. The highest BCUT2D eigenvalue weighted by atomic mass is 32.2. The molecule has 0 spiro atoms. The molecule has 21 heavy (non-hydrogen) atoms. The number of aromatic nitrogens is 1. The third-order valence-electron chi connectivity index (χ3n) is 3.14. The molecular weight excluding hydrogens is 316 g/mol. The molecule has 1 aromatic rings. The van der Waals surface area contributed by atoms with Crippen molar-refractivity contribution in [3.8, 4) is 0 Å². The minimum Gasteiger partial charge on any atom is -0.461 e. The van der Waals surface area contributed by atoms with Crippen LogP contribution >= 0.6 is 11.3 Å². The van der Waals surface area contributed by atoms with E-state index < -0.39 is 27.0 Å². The van der Waals surface area contributed by atoms with E-state index in [1.165, 1.54) is 5.38 Å². The molecule has 1 unspecified atom stereocenters. The first-order valence-corrected chi connectivity index (χ1v) is 9.16. The van der Waals surface area contributed by atoms with E-state index in [0.717, 1.165) is 11.3 Å². The number of sulfone groups is 1. The average Bonchev–Trinajstić information content (AvgIpc) is 3.03. The van der Waals surface area contributed by atoms with Crippen molar-refractivity contribution in [2.24, 2.45) is 0 Å². The number of thiazole rings is 1. The Labute approximate surface area is 126 Å². The summed E-state index contributed by atoms with van der Waals surface area (Å²) in [5.41, 5.74) is 0.0958. The van der Waals surface area contributed by atoms with E-state index >= 15 is 0 Å². The highest BCUT2D eigenvalue weighted by Gasteiger charge is 2.31. The van der Waals surface area contributed by atoms with Gasteiger partial charge in [-0.3, -0.25) is 4.79 Å². The van der Waals surface area contributed by atoms with Crippen LogP contribution in [-0.4, -0.2) is 49.4 Å². The topological polar surface area (TPSA) is 102 Å². The lowest BCUT2D eigenvalue weighted by molar-refractivity contribution is 0.0526. The molecule has 2 heterocycles. The Hall–Kier alpha value is -1.48. The second kappa shape index (κ2) is 6.52. The van der Waals surface area contributed by atoms with E-state index in [1.807, 2.05) is 0 Å². The van der Waals surface area contributed by atoms with Gasteiger partial charge < -0.3 is 10.1 Å². The Bertz CT molecular complexity index is 638. The van der Waals surface area contributed by atoms with E-state index in [9.17, 15) is 18.0 Å². The van der Waals surface area contributed by atoms with Gasteiger partial charge in [0.1, 0.15) is 5.69 Å². The maximum absolute atomic E-state index is 11.9. The monoisotopic (exact) mass is 332 g/mol. The van der Waals surface area contributed by atoms with Gasteiger partial charge >= 0.3 is 5.97 Å². The molecule has 116 valence electrons. The molecule has 1 aliphatic heterocycles. The van der Waals surface area contributed by atoms with Crippen molar-refractivity contribution in [2.45, 2.75) is 25.0 Å². The lowest BCUT2D eigenvalue weighted by Crippen LogP contribution is -2.34. The van der Waals surface area contributed by atoms with Crippen LogP contribution < -0.4 is 5.32 Å². The molecule has 0 aliphatic carbocycles. The molecule has 1 aromatic heterocycles. The zero-order valence-corrected chi connectivity index (χ0v) is 13.1. The Kier molecular flexibility index (Phi) is 4.94. The van der Waals surface area contributed by atoms with E-state index in [2.05, 4.69) is 10.3 Å². The smallest absolute Gasteiger partial charge is 0.367 e. The maximum atomic E-state index is 11.9. The van der Waals surface area contributed by atoms with Gasteiger partial charge in [0, 0.05) is 11.9 Å². The van der Waals surface area contributed by atoms with Crippen LogP contribution in [0.15, 0.2) is 5.38 Å². The predicted molar refractivity (Wildman–Crippen MR) is 77.2 cm³/mol. The van der Waals surface area contributed by atoms with E-state index in [-0.39, 0.29) is 29.6 Å². The SMILES string of the molecule is CCOC(=O)c1nc(C(=O)NCC2CCCS2(=O)=O)cs1. The van der Waals surface area contributed by atoms with Crippen molar-refractivity contribution in [1.82, 2.24) is 10.3 Å². The van der Waals surface area contributed by atoms with Crippen molar-refractivity contribution in [3.63, 3.8) is 0 Å². The summed E-state index contributed by atoms with van der Waals surface area (Å²) in [7, 11) is -3.09. The molecule has 1 N–H and O–H groups in total. The van der Waals surface area contributed by atoms with E-state index in [0.29, 0.717) is 12.8 Å². The van der Waals surface area contributed by atoms with Crippen LogP contribution in [0, 0.1) is 0 Å². The standard InChI is InChI=1S/C12H16N2O5S2/c1-2-19-12(16)11-14-9(7-20-11)10(15)13-6-8-4-3-5-21(8,17)18/h7-8H,2-6H2,1H3,(H,13,15). The van der Waals surface area contributed by atoms with E-state index in [4.69, 9.17) is 4.74 Å². The largest absolute Gasteiger partial charge is 0.461 e. The average molecular weight is 332 g/mol. The number of hydrogen-bond acceptors (Lipinski definition) is 7. The van der Waals surface area contributed by atoms with Crippen molar-refractivity contribution < 1.29 is 22.7 Å². The molecule has 1 aliphatic rings. The Morgan fingerprint density at radius 1 is 1.52 bits per heavy atom. The zero-order valence-electron chi connectivity index (χ0n) is 11.5. The van der Waals surface area contributed by atoms with Crippen LogP contribution in [0.4, 0.5) is 0 Å². The van der Waals surface area contributed by atoms with Crippen molar-refractivity contribution in [2.75, 3.05) is 18.9 Å². The minimum atomic E-state index is -3.09. The zero-order chi connectivity index (χ0) is 15.5. The van der Waals surface area contributed by atoms with Crippen molar-refractivity contribution in [3.05, 3.63) is 16.1 Å². The molecule has 2 rings (SSSR count). The molecule has 1 amide bonds. The van der Waals surface area contributed by atoms with Gasteiger partial charge in [0.25, 0.3) is 5.91 Å². The molecular formula is C12H16N2O5S2. The maximum Gasteiger partial charge on any atom is 0.367 e. The summed E-state index contributed by atoms with van der Waals surface area (Å²) < 4.78 is 28.1. The summed E-state index contributed by atoms with van der Waals surface area (Å²) in [5, 5.41) is 3.59. The summed E-state index contributed by atoms with van der Waals surface area (Å²) in [6.45, 7) is 1.99. The van der Waals surface area contributed by atoms with Gasteiger partial charge in [-0.05, 0) is 19.8 Å². The molecule has 7 nitrogen and oxygen atoms in total. The van der Waals surface area contributed by atoms with Gasteiger partial charge in [-0.25, -0.2) is 18.2 Å². The normalized spacial score (nSPS) is 20.1. The molecule has 1 atom stereocenters. The Morgan fingerprint density at radius 3 is 2.90 bits per heavy atom. The van der Waals surface area contributed by atoms with Crippen LogP contribution in [0.2, 0.25) is 0 Å². The van der Waals surface area contributed by atoms with Gasteiger partial charge in [0.05, 0.1) is 17.6 Å². The van der Waals surface area contributed by atoms with E-state index in [1.54, 1.807) is 6.92 Å². The number of nitrogens with one attached hydrogen (secondary N) is 1. The van der Waals surface area contributed by atoms with Gasteiger partial charge in [-0.1, -0.05) is 0 Å². The molecule has 1 saturated heterocycles. The third kappa shape index (κ3) is 3.79. The van der Waals surface area contributed by atoms with Crippen LogP contribution in [0.3, 0.4) is 0 Å². The number of carbonyl (C=O) groups is 2. The molecule has 0 bridgehead atoms. The van der Waals surface area contributed by atoms with Crippen LogP contribution in [-0.2, 0) is 14.6 Å². The Balaban J connectivity index is 1.93. The summed E-state index contributed by atoms with van der Waals surface area (Å²) in [5.74, 6) is -0.874. The highest BCUT2D eigenvalue weighted by Crippen LogP contribution is 2.19. The number of esters is 1. The molecule has 0 aromatic carbocycles. The number of nitrogens with zero attached hydrogens (tertiary/aromatic N) is 1. The quantitative estimate of drug-likeness (QED) is 0.793. The van der Waals surface area contributed by atoms with Gasteiger partial charge in [-0.15, -0.1) is 11.3 Å². The number of amides is 1. The van der Waals surface area contributed by atoms with Crippen LogP contribution in [0.25, 0.3) is 0 Å². The molecule has 0 saturated carbocycles. The fourth-order valence-corrected chi connectivity index (χ4v) is 4.50. The van der Waals surface area contributed by atoms with Gasteiger partial charge in [-0.2, -0.15) is 0 Å². The van der Waals surface area contributed by atoms with Crippen LogP contribution in [0.5, 0.6) is 0 Å². The van der Waals surface area contributed by atoms with Crippen molar-refractivity contribution >= 4 is 33.1 Å². The number of hydrogen-bond donors (Lipinski definition) is 1. The first-order valence-electron chi connectivity index (χ1n) is 6.56. The predicted octanol–water partition coefficient (Wildman–Crippen LogP) is 0.627. The molecule has 1 fully saturated rings. The summed E-state index contributed by atoms with van der Waals surface area (Å²) in [6, 6.07) is 0. The number of rotatable bonds is 5. The lowest BCUT2D eigenvalue weighted by Gasteiger charge is -2.09. The summed E-state index contributed by atoms with van der Waals surface area (Å²) in [6.07, 6.45) is 1.19. The fraction of sp³-hybridized carbons (Fsp3) is 0.583. The molecule has 0 radical (unpaired) electrons. The highest BCUT2D eigenvalue weighted by molar-refractivity contribution is 7.92. The first kappa shape index (κ1) is 15.9. The van der Waals surface area contributed by atoms with Gasteiger partial charge in [0.15, 0.2) is 9.84 Å². The molecule has 9 heteroatoms. The minimum absolute atomic E-state index is 0.0768. The summed E-state index contributed by atoms with van der Waals surface area (Å²) >= 11 is 1.02. The fourth-order valence-electron chi connectivity index (χ4n) is 2.05. The third-order valence-corrected chi connectivity index (χ3v) is 6.24. The second-order valence-electron chi connectivity index (χ2n) is 4.60. The number of ether oxygens (including phenoxy) is 1. The number of carbonyl (C=O) groups excluding carboxylic acids is 2. The Morgan fingerprint density at radius 2 is 2.29 bits per heavy atom.